The van der Waals surface area contributed by atoms with Crippen LogP contribution in [-0.4, -0.2) is 36.1 Å². The number of phenols is 1. The van der Waals surface area contributed by atoms with E-state index in [1.807, 2.05) is 12.1 Å². The fourth-order valence-corrected chi connectivity index (χ4v) is 1.46. The molecular formula is C23H31BrCs2O7. The largest absolute Gasteiger partial charge is 1.00 e. The van der Waals surface area contributed by atoms with E-state index in [9.17, 15) is 9.59 Å². The van der Waals surface area contributed by atoms with Gasteiger partial charge in [0, 0.05) is 16.5 Å². The predicted octanol–water partition coefficient (Wildman–Crippen LogP) is -1.67. The predicted molar refractivity (Wildman–Crippen MR) is 123 cm³/mol. The molecule has 174 valence electrons. The molecule has 0 heterocycles. The molecule has 0 radical (unpaired) electrons. The van der Waals surface area contributed by atoms with Crippen molar-refractivity contribution in [1.82, 2.24) is 0 Å². The molecule has 10 heteroatoms. The minimum Gasteiger partial charge on any atom is -1.00 e. The molecule has 0 saturated carbocycles. The van der Waals surface area contributed by atoms with E-state index in [0.717, 1.165) is 29.6 Å². The van der Waals surface area contributed by atoms with Crippen LogP contribution in [-0.2, 0) is 9.68 Å². The van der Waals surface area contributed by atoms with Crippen molar-refractivity contribution in [2.24, 2.45) is 11.8 Å². The van der Waals surface area contributed by atoms with Crippen molar-refractivity contribution in [2.45, 2.75) is 27.7 Å². The number of hydrogen-bond acceptors (Lipinski definition) is 7. The topological polar surface area (TPSA) is 113 Å². The summed E-state index contributed by atoms with van der Waals surface area (Å²) in [6.07, 6.45) is 1.56. The molecule has 0 unspecified atom stereocenters. The van der Waals surface area contributed by atoms with Crippen molar-refractivity contribution in [1.29, 1.82) is 0 Å². The Morgan fingerprint density at radius 3 is 1.52 bits per heavy atom. The molecule has 0 atom stereocenters. The maximum atomic E-state index is 10.3. The summed E-state index contributed by atoms with van der Waals surface area (Å²) in [6, 6.07) is 13.2. The second-order valence-electron chi connectivity index (χ2n) is 6.84. The SMILES string of the molecule is CC(C)CBr.CC(C)COc1ccc(C=O)cc1.O=CO[O-].O=Cc1ccc(O)cc1.[Cs+].[Cs+].[H-]. The van der Waals surface area contributed by atoms with Gasteiger partial charge in [0.1, 0.15) is 24.1 Å². The maximum Gasteiger partial charge on any atom is 1.00 e. The Labute approximate surface area is 324 Å². The molecule has 0 spiro atoms. The van der Waals surface area contributed by atoms with Gasteiger partial charge in [-0.15, -0.1) is 0 Å². The Kier molecular flexibility index (Phi) is 37.3. The van der Waals surface area contributed by atoms with Crippen LogP contribution in [0.5, 0.6) is 11.5 Å². The van der Waals surface area contributed by atoms with Crippen molar-refractivity contribution < 1.29 is 174 Å². The number of ether oxygens (including phenoxy) is 1. The van der Waals surface area contributed by atoms with Crippen LogP contribution in [0.3, 0.4) is 0 Å². The summed E-state index contributed by atoms with van der Waals surface area (Å²) in [7, 11) is 0. The van der Waals surface area contributed by atoms with Crippen LogP contribution in [0.1, 0.15) is 49.8 Å². The van der Waals surface area contributed by atoms with Crippen molar-refractivity contribution in [3.05, 3.63) is 59.7 Å². The maximum absolute atomic E-state index is 10.3. The van der Waals surface area contributed by atoms with Gasteiger partial charge in [-0.3, -0.25) is 14.4 Å². The van der Waals surface area contributed by atoms with Gasteiger partial charge in [-0.2, -0.15) is 0 Å². The van der Waals surface area contributed by atoms with Gasteiger partial charge in [0.05, 0.1) is 6.61 Å². The van der Waals surface area contributed by atoms with Gasteiger partial charge in [0.2, 0.25) is 0 Å². The normalized spacial score (nSPS) is 8.48. The summed E-state index contributed by atoms with van der Waals surface area (Å²) >= 11 is 3.31. The van der Waals surface area contributed by atoms with Gasteiger partial charge in [-0.1, -0.05) is 43.6 Å². The molecule has 0 aliphatic rings. The van der Waals surface area contributed by atoms with Gasteiger partial charge in [-0.25, -0.2) is 0 Å². The van der Waals surface area contributed by atoms with E-state index < -0.39 is 0 Å². The van der Waals surface area contributed by atoms with Crippen molar-refractivity contribution in [2.75, 3.05) is 11.9 Å². The van der Waals surface area contributed by atoms with Gasteiger partial charge in [-0.05, 0) is 60.4 Å². The quantitative estimate of drug-likeness (QED) is 0.156. The number of alkyl halides is 1. The van der Waals surface area contributed by atoms with Crippen molar-refractivity contribution in [3.63, 3.8) is 0 Å². The number of aldehydes is 2. The average molecular weight is 765 g/mol. The number of aromatic hydroxyl groups is 1. The Balaban J connectivity index is -0.000000118. The zero-order chi connectivity index (χ0) is 24.1. The molecule has 1 N–H and O–H groups in total. The van der Waals surface area contributed by atoms with E-state index in [2.05, 4.69) is 48.5 Å². The van der Waals surface area contributed by atoms with Crippen LogP contribution in [0.25, 0.3) is 0 Å². The van der Waals surface area contributed by atoms with Gasteiger partial charge in [0.15, 0.2) is 0 Å². The molecule has 7 nitrogen and oxygen atoms in total. The number of carbonyl (C=O) groups excluding carboxylic acids is 3. The second kappa shape index (κ2) is 29.6. The zero-order valence-corrected chi connectivity index (χ0v) is 34.3. The molecule has 0 aliphatic carbocycles. The molecular weight excluding hydrogens is 734 g/mol. The molecule has 0 bridgehead atoms. The number of phenolic OH excluding ortho intramolecular Hbond substituents is 1. The van der Waals surface area contributed by atoms with Crippen LogP contribution in [0, 0.1) is 11.8 Å². The summed E-state index contributed by atoms with van der Waals surface area (Å²) in [5.74, 6) is 2.32. The van der Waals surface area contributed by atoms with Crippen LogP contribution in [0.2, 0.25) is 0 Å². The molecule has 2 aromatic carbocycles. The molecule has 2 aromatic rings. The molecule has 2 rings (SSSR count). The van der Waals surface area contributed by atoms with E-state index in [1.165, 1.54) is 12.1 Å². The van der Waals surface area contributed by atoms with Crippen LogP contribution in [0.15, 0.2) is 48.5 Å². The van der Waals surface area contributed by atoms with E-state index in [-0.39, 0.29) is 151 Å². The van der Waals surface area contributed by atoms with E-state index in [1.54, 1.807) is 24.3 Å². The number of halogens is 1. The van der Waals surface area contributed by atoms with Gasteiger partial charge >= 0.3 is 138 Å². The second-order valence-corrected chi connectivity index (χ2v) is 7.49. The van der Waals surface area contributed by atoms with Gasteiger partial charge < -0.3 is 21.4 Å². The Morgan fingerprint density at radius 2 is 1.24 bits per heavy atom. The Bertz CT molecular complexity index is 716. The monoisotopic (exact) mass is 764 g/mol. The first-order valence-electron chi connectivity index (χ1n) is 9.44. The van der Waals surface area contributed by atoms with Gasteiger partial charge in [0.25, 0.3) is 6.47 Å². The fraction of sp³-hybridized carbons (Fsp3) is 0.348. The molecule has 0 aromatic heterocycles. The third-order valence-electron chi connectivity index (χ3n) is 2.98. The summed E-state index contributed by atoms with van der Waals surface area (Å²) in [4.78, 5) is 31.6. The first-order valence-corrected chi connectivity index (χ1v) is 10.6. The standard InChI is InChI=1S/C11H14O2.C7H6O2.C4H9Br.CH2O3.2Cs.H/c1-9(2)8-13-11-5-3-10(7-12)4-6-11;8-5-6-1-3-7(9)4-2-6;1-4(2)3-5;2-1-4-3;;;/h3-7,9H,8H2,1-2H3;1-5,9H;4H,3H2,1-2H3;1,3H;;;/q;;;;2*+1;-1/p-1. The summed E-state index contributed by atoms with van der Waals surface area (Å²) < 4.78 is 5.45. The molecule has 0 saturated heterocycles. The first kappa shape index (κ1) is 41.5. The number of benzene rings is 2. The summed E-state index contributed by atoms with van der Waals surface area (Å²) in [6.45, 7) is 9.07. The molecule has 0 amide bonds. The smallest absolute Gasteiger partial charge is 1.00 e. The summed E-state index contributed by atoms with van der Waals surface area (Å²) in [5.41, 5.74) is 1.25. The van der Waals surface area contributed by atoms with E-state index >= 15 is 0 Å². The van der Waals surface area contributed by atoms with Crippen LogP contribution in [0.4, 0.5) is 0 Å². The van der Waals surface area contributed by atoms with Crippen LogP contribution < -0.4 is 148 Å². The molecule has 0 fully saturated rings. The Morgan fingerprint density at radius 1 is 0.879 bits per heavy atom. The summed E-state index contributed by atoms with van der Waals surface area (Å²) in [5, 5.41) is 18.3. The third kappa shape index (κ3) is 29.5. The van der Waals surface area contributed by atoms with Crippen LogP contribution >= 0.6 is 15.9 Å². The fourth-order valence-electron chi connectivity index (χ4n) is 1.46. The first-order chi connectivity index (χ1) is 14.7. The van der Waals surface area contributed by atoms with E-state index in [0.29, 0.717) is 23.7 Å². The number of carbonyl (C=O) groups is 3. The minimum atomic E-state index is -0.181. The number of hydrogen-bond donors (Lipinski definition) is 1. The minimum absolute atomic E-state index is 0. The zero-order valence-electron chi connectivity index (χ0n) is 21.2. The average Bonchev–Trinajstić information content (AvgIpc) is 2.79. The van der Waals surface area contributed by atoms with E-state index in [4.69, 9.17) is 19.9 Å². The van der Waals surface area contributed by atoms with Crippen molar-refractivity contribution in [3.8, 4) is 11.5 Å². The number of rotatable bonds is 7. The third-order valence-corrected chi connectivity index (χ3v) is 4.27. The van der Waals surface area contributed by atoms with Crippen molar-refractivity contribution >= 4 is 35.0 Å². The Hall–Kier alpha value is 1.39. The molecule has 0 aliphatic heterocycles. The molecule has 33 heavy (non-hydrogen) atoms.